The van der Waals surface area contributed by atoms with Gasteiger partial charge in [0.1, 0.15) is 35.0 Å². The smallest absolute Gasteiger partial charge is 0.315 e. The normalized spacial score (nSPS) is 17.2. The maximum Gasteiger partial charge on any atom is 0.315 e. The van der Waals surface area contributed by atoms with Crippen LogP contribution in [0.15, 0.2) is 0 Å². The number of unbranched alkanes of at least 4 members (excludes halogenated alkanes) is 17. The van der Waals surface area contributed by atoms with Gasteiger partial charge in [-0.3, -0.25) is 67.1 Å². The summed E-state index contributed by atoms with van der Waals surface area (Å²) in [4.78, 5) is 200. The van der Waals surface area contributed by atoms with Crippen molar-refractivity contribution in [2.24, 2.45) is 0 Å². The molecule has 5 atom stereocenters. The van der Waals surface area contributed by atoms with Gasteiger partial charge in [-0.1, -0.05) is 83.5 Å². The second-order valence-corrected chi connectivity index (χ2v) is 36.2. The molecule has 4 aliphatic carbocycles. The zero-order valence-electron chi connectivity index (χ0n) is 69.1. The fraction of sp³-hybridized carbons (Fsp3) is 0.787. The minimum absolute atomic E-state index is 0.00158. The van der Waals surface area contributed by atoms with E-state index >= 15 is 0 Å². The molecule has 8 N–H and O–H groups in total. The van der Waals surface area contributed by atoms with Crippen LogP contribution in [-0.2, 0) is 67.1 Å². The van der Waals surface area contributed by atoms with E-state index in [2.05, 4.69) is 47.4 Å². The van der Waals surface area contributed by atoms with Gasteiger partial charge >= 0.3 is 18.1 Å². The Morgan fingerprint density at radius 3 is 0.973 bits per heavy atom. The Labute approximate surface area is 678 Å². The Kier molecular flexibility index (Phi) is 53.9. The van der Waals surface area contributed by atoms with Crippen LogP contribution < -0.4 is 42.5 Å². The Morgan fingerprint density at radius 1 is 0.378 bits per heavy atom. The van der Waals surface area contributed by atoms with Crippen LogP contribution in [0.4, 0.5) is 14.4 Å². The first kappa shape index (κ1) is 103. The van der Waals surface area contributed by atoms with Crippen molar-refractivity contribution in [1.29, 1.82) is 0 Å². The Bertz CT molecular complexity index is 2930. The predicted molar refractivity (Wildman–Crippen MR) is 444 cm³/mol. The highest BCUT2D eigenvalue weighted by molar-refractivity contribution is 8.01. The molecule has 0 spiro atoms. The molecule has 4 aliphatic rings. The minimum Gasteiger partial charge on any atom is -0.353 e. The van der Waals surface area contributed by atoms with Gasteiger partial charge in [-0.2, -0.15) is 47.0 Å². The predicted octanol–water partition coefficient (Wildman–Crippen LogP) is 9.74. The van der Waals surface area contributed by atoms with E-state index < -0.39 is 22.7 Å². The maximum absolute atomic E-state index is 12.5. The fourth-order valence-electron chi connectivity index (χ4n) is 11.5. The molecular formula is C80H136N10O17S4. The number of thioether (sulfide) groups is 4. The summed E-state index contributed by atoms with van der Waals surface area (Å²) in [6.45, 7) is 20.5. The largest absolute Gasteiger partial charge is 0.353 e. The van der Waals surface area contributed by atoms with Gasteiger partial charge in [-0.25, -0.2) is 14.4 Å². The van der Waals surface area contributed by atoms with Gasteiger partial charge in [0.25, 0.3) is 0 Å². The molecule has 5 unspecified atom stereocenters. The van der Waals surface area contributed by atoms with E-state index in [1.165, 1.54) is 70.0 Å². The highest BCUT2D eigenvalue weighted by atomic mass is 32.2. The van der Waals surface area contributed by atoms with E-state index in [-0.39, 0.29) is 152 Å². The van der Waals surface area contributed by atoms with E-state index in [0.29, 0.717) is 71.2 Å². The zero-order valence-corrected chi connectivity index (χ0v) is 72.3. The summed E-state index contributed by atoms with van der Waals surface area (Å²) >= 11 is 6.44. The van der Waals surface area contributed by atoms with Crippen LogP contribution in [0.3, 0.4) is 0 Å². The monoisotopic (exact) mass is 1640 g/mol. The van der Waals surface area contributed by atoms with Gasteiger partial charge < -0.3 is 52.3 Å². The lowest BCUT2D eigenvalue weighted by Crippen LogP contribution is -2.53. The summed E-state index contributed by atoms with van der Waals surface area (Å²) < 4.78 is 0. The van der Waals surface area contributed by atoms with E-state index in [9.17, 15) is 81.5 Å². The maximum atomic E-state index is 12.5. The van der Waals surface area contributed by atoms with E-state index in [4.69, 9.17) is 0 Å². The van der Waals surface area contributed by atoms with Crippen LogP contribution in [0.1, 0.15) is 268 Å². The molecule has 0 aromatic carbocycles. The van der Waals surface area contributed by atoms with Crippen molar-refractivity contribution in [3.05, 3.63) is 0 Å². The van der Waals surface area contributed by atoms with Crippen molar-refractivity contribution in [1.82, 2.24) is 52.3 Å². The number of Topliss-reactive ketones (excluding diaryl/α,β-unsaturated/α-hetero) is 12. The first-order valence-corrected chi connectivity index (χ1v) is 44.2. The number of rotatable bonds is 53. The van der Waals surface area contributed by atoms with Crippen LogP contribution >= 0.6 is 47.0 Å². The summed E-state index contributed by atoms with van der Waals surface area (Å²) in [6, 6.07) is -1.71. The zero-order chi connectivity index (χ0) is 83.5. The van der Waals surface area contributed by atoms with Gasteiger partial charge in [0.2, 0.25) is 11.8 Å². The van der Waals surface area contributed by atoms with Gasteiger partial charge in [-0.05, 0) is 164 Å². The van der Waals surface area contributed by atoms with Crippen LogP contribution in [0.25, 0.3) is 0 Å². The van der Waals surface area contributed by atoms with E-state index in [0.717, 1.165) is 139 Å². The number of amides is 8. The summed E-state index contributed by atoms with van der Waals surface area (Å²) in [5.41, 5.74) is -2.51. The highest BCUT2D eigenvalue weighted by Crippen LogP contribution is 2.29. The highest BCUT2D eigenvalue weighted by Gasteiger charge is 2.35. The topological polar surface area (TPSA) is 393 Å². The lowest BCUT2D eigenvalue weighted by molar-refractivity contribution is -0.140. The van der Waals surface area contributed by atoms with E-state index in [1.807, 2.05) is 7.05 Å². The molecule has 111 heavy (non-hydrogen) atoms. The Morgan fingerprint density at radius 2 is 0.676 bits per heavy atom. The molecule has 4 saturated carbocycles. The van der Waals surface area contributed by atoms with Gasteiger partial charge in [0.05, 0.1) is 63.3 Å². The Balaban J connectivity index is 0.000000740. The second-order valence-electron chi connectivity index (χ2n) is 31.0. The average Bonchev–Trinajstić information content (AvgIpc) is 1.08. The summed E-state index contributed by atoms with van der Waals surface area (Å²) in [5, 5.41) is 21.6. The second kappa shape index (κ2) is 58.0. The van der Waals surface area contributed by atoms with Crippen molar-refractivity contribution in [3.63, 3.8) is 0 Å². The van der Waals surface area contributed by atoms with Gasteiger partial charge in [0.15, 0.2) is 40.5 Å². The molecule has 4 fully saturated rings. The number of hydrogen-bond donors (Lipinski definition) is 8. The Hall–Kier alpha value is -5.89. The number of hydrogen-bond acceptors (Lipinski definition) is 23. The number of likely N-dealkylation sites (N-methyl/N-ethyl adjacent to an activating group) is 3. The summed E-state index contributed by atoms with van der Waals surface area (Å²) in [6.07, 6.45) is 24.7. The van der Waals surface area contributed by atoms with Crippen molar-refractivity contribution in [2.45, 2.75) is 312 Å². The molecule has 31 heteroatoms. The third kappa shape index (κ3) is 48.8. The number of carbonyl (C=O) groups is 17. The van der Waals surface area contributed by atoms with Crippen molar-refractivity contribution in [2.75, 3.05) is 90.0 Å². The van der Waals surface area contributed by atoms with Crippen molar-refractivity contribution in [3.8, 4) is 0 Å². The molecule has 0 aromatic rings. The SMILES string of the molecule is CC(=O)C(C)(C)NC(=O)NCCCCCCCCCSC1CC(=O)CC1=O.CC(=O)C(C)(C)NC(=O)NCCCCCCCCCSC1CC(=O)CC1=O.CC(=O)C(C)(C)NC(=O)NCCN(C)CCCCCCSC1CC(=O)CC1=O.CNCCNC(=O)C(CC(C)=O)N(C)C(=O)CCCCCSC1CC(=O)CC1=O. The molecule has 0 aromatic heterocycles. The molecule has 0 heterocycles. The van der Waals surface area contributed by atoms with Crippen molar-refractivity contribution < 1.29 is 81.5 Å². The minimum atomic E-state index is -0.852. The standard InChI is InChI=1S/C20H33N3O5S.C20H35N3O4S.2C20H34N2O4S/c1-14(24)11-16(20(28)22-9-8-21-2)23(3)19(27)7-5-4-6-10-29-18-13-15(25)12-17(18)26;1-15(24)20(2,3)22-19(27)21-9-11-23(4)10-7-5-6-8-12-28-18-14-16(25)13-17(18)26;2*1-15(23)20(2,3)22-19(26)21-11-9-7-5-4-6-8-10-12-27-18-14-16(24)13-17(18)25/h16,18,21H,4-13H2,1-3H3,(H,22,28);18H,5-14H2,1-4H3,(H2,21,22,27);2*18H,4-14H2,1-3H3,(H2,21,22,26). The third-order valence-electron chi connectivity index (χ3n) is 19.5. The third-order valence-corrected chi connectivity index (χ3v) is 25.0. The van der Waals surface area contributed by atoms with Gasteiger partial charge in [0, 0.05) is 84.8 Å². The molecule has 0 aliphatic heterocycles. The molecule has 0 bridgehead atoms. The molecular weight excluding hydrogens is 1500 g/mol. The molecule has 8 amide bonds. The van der Waals surface area contributed by atoms with Crippen LogP contribution in [0, 0.1) is 0 Å². The van der Waals surface area contributed by atoms with Crippen LogP contribution in [0.5, 0.6) is 0 Å². The molecule has 27 nitrogen and oxygen atoms in total. The van der Waals surface area contributed by atoms with Gasteiger partial charge in [-0.15, -0.1) is 0 Å². The van der Waals surface area contributed by atoms with Crippen LogP contribution in [0.2, 0.25) is 0 Å². The summed E-state index contributed by atoms with van der Waals surface area (Å²) in [7, 11) is 5.36. The number of nitrogens with one attached hydrogen (secondary N) is 8. The lowest BCUT2D eigenvalue weighted by Gasteiger charge is -2.27. The first-order chi connectivity index (χ1) is 52.3. The van der Waals surface area contributed by atoms with Crippen LogP contribution in [-0.4, -0.2) is 243 Å². The number of ketones is 12. The first-order valence-electron chi connectivity index (χ1n) is 40.0. The summed E-state index contributed by atoms with van der Waals surface area (Å²) in [5.74, 6) is 3.43. The number of nitrogens with zero attached hydrogens (tertiary/aromatic N) is 2. The quantitative estimate of drug-likeness (QED) is 0.0207. The van der Waals surface area contributed by atoms with Crippen molar-refractivity contribution >= 4 is 146 Å². The average molecular weight is 1640 g/mol. The molecule has 0 radical (unpaired) electrons. The fourth-order valence-corrected chi connectivity index (χ4v) is 16.4. The number of carbonyl (C=O) groups excluding carboxylic acids is 17. The lowest BCUT2D eigenvalue weighted by atomic mass is 10.0. The van der Waals surface area contributed by atoms with E-state index in [1.54, 1.807) is 90.9 Å². The molecule has 632 valence electrons. The molecule has 0 saturated heterocycles. The number of urea groups is 3. The molecule has 4 rings (SSSR count).